The highest BCUT2D eigenvalue weighted by molar-refractivity contribution is 6.30. The van der Waals surface area contributed by atoms with Crippen molar-refractivity contribution in [3.05, 3.63) is 34.6 Å². The van der Waals surface area contributed by atoms with Gasteiger partial charge in [0.1, 0.15) is 5.82 Å². The molecule has 2 nitrogen and oxygen atoms in total. The lowest BCUT2D eigenvalue weighted by atomic mass is 9.98. The van der Waals surface area contributed by atoms with Gasteiger partial charge < -0.3 is 5.32 Å². The van der Waals surface area contributed by atoms with Crippen molar-refractivity contribution in [2.45, 2.75) is 32.2 Å². The van der Waals surface area contributed by atoms with E-state index in [9.17, 15) is 4.39 Å². The highest BCUT2D eigenvalue weighted by Gasteiger charge is 2.22. The Morgan fingerprint density at radius 3 is 2.74 bits per heavy atom. The zero-order valence-corrected chi connectivity index (χ0v) is 12.2. The Morgan fingerprint density at radius 1 is 1.37 bits per heavy atom. The molecule has 1 aliphatic heterocycles. The van der Waals surface area contributed by atoms with Crippen LogP contribution in [0.1, 0.15) is 37.8 Å². The third-order valence-electron chi connectivity index (χ3n) is 3.75. The summed E-state index contributed by atoms with van der Waals surface area (Å²) < 4.78 is 13.7. The molecule has 2 rings (SSSR count). The molecule has 0 radical (unpaired) electrons. The van der Waals surface area contributed by atoms with Gasteiger partial charge in [0.05, 0.1) is 5.02 Å². The Labute approximate surface area is 119 Å². The topological polar surface area (TPSA) is 15.3 Å². The molecular formula is C15H22ClFN2. The van der Waals surface area contributed by atoms with Gasteiger partial charge in [-0.05, 0) is 24.1 Å². The molecule has 1 aromatic rings. The molecule has 0 amide bonds. The van der Waals surface area contributed by atoms with Gasteiger partial charge in [-0.3, -0.25) is 4.90 Å². The lowest BCUT2D eigenvalue weighted by molar-refractivity contribution is 0.163. The van der Waals surface area contributed by atoms with Gasteiger partial charge in [0.25, 0.3) is 0 Å². The van der Waals surface area contributed by atoms with Crippen molar-refractivity contribution in [2.24, 2.45) is 0 Å². The molecule has 1 aliphatic rings. The van der Waals surface area contributed by atoms with Crippen LogP contribution in [-0.2, 0) is 0 Å². The molecule has 1 atom stereocenters. The van der Waals surface area contributed by atoms with Crippen molar-refractivity contribution in [2.75, 3.05) is 26.2 Å². The lowest BCUT2D eigenvalue weighted by Crippen LogP contribution is -2.45. The highest BCUT2D eigenvalue weighted by atomic mass is 35.5. The first-order valence-corrected chi connectivity index (χ1v) is 7.50. The summed E-state index contributed by atoms with van der Waals surface area (Å²) in [6.45, 7) is 6.27. The minimum atomic E-state index is -0.309. The van der Waals surface area contributed by atoms with E-state index >= 15 is 0 Å². The molecule has 1 heterocycles. The largest absolute Gasteiger partial charge is 0.314 e. The summed E-state index contributed by atoms with van der Waals surface area (Å²) >= 11 is 5.78. The fraction of sp³-hybridized carbons (Fsp3) is 0.600. The molecule has 0 unspecified atom stereocenters. The third kappa shape index (κ3) is 3.91. The third-order valence-corrected chi connectivity index (χ3v) is 4.06. The van der Waals surface area contributed by atoms with E-state index in [2.05, 4.69) is 17.1 Å². The summed E-state index contributed by atoms with van der Waals surface area (Å²) in [6, 6.07) is 5.56. The molecule has 4 heteroatoms. The SMILES string of the molecule is CCCC[C@@H](c1ccc(Cl)c(F)c1)N1CCNCC1. The maximum atomic E-state index is 13.7. The Balaban J connectivity index is 2.17. The minimum Gasteiger partial charge on any atom is -0.314 e. The second-order valence-corrected chi connectivity index (χ2v) is 5.52. The van der Waals surface area contributed by atoms with E-state index in [-0.39, 0.29) is 10.8 Å². The molecule has 0 bridgehead atoms. The molecule has 0 spiro atoms. The van der Waals surface area contributed by atoms with Gasteiger partial charge in [-0.15, -0.1) is 0 Å². The maximum Gasteiger partial charge on any atom is 0.142 e. The predicted molar refractivity (Wildman–Crippen MR) is 78.1 cm³/mol. The quantitative estimate of drug-likeness (QED) is 0.888. The van der Waals surface area contributed by atoms with Crippen molar-refractivity contribution >= 4 is 11.6 Å². The standard InChI is InChI=1S/C15H22ClFN2/c1-2-3-4-15(19-9-7-18-8-10-19)12-5-6-13(16)14(17)11-12/h5-6,11,15,18H,2-4,7-10H2,1H3/t15-/m0/s1. The Bertz CT molecular complexity index is 405. The smallest absolute Gasteiger partial charge is 0.142 e. The minimum absolute atomic E-state index is 0.207. The van der Waals surface area contributed by atoms with Crippen molar-refractivity contribution in [1.29, 1.82) is 0 Å². The van der Waals surface area contributed by atoms with Crippen LogP contribution in [0.2, 0.25) is 5.02 Å². The van der Waals surface area contributed by atoms with Gasteiger partial charge in [0.15, 0.2) is 0 Å². The molecule has 1 saturated heterocycles. The number of hydrogen-bond donors (Lipinski definition) is 1. The first-order valence-electron chi connectivity index (χ1n) is 7.12. The van der Waals surface area contributed by atoms with E-state index < -0.39 is 0 Å². The number of benzene rings is 1. The van der Waals surface area contributed by atoms with Crippen LogP contribution in [0.15, 0.2) is 18.2 Å². The Kier molecular flexibility index (Phi) is 5.61. The zero-order valence-electron chi connectivity index (χ0n) is 11.5. The van der Waals surface area contributed by atoms with Gasteiger partial charge in [-0.2, -0.15) is 0 Å². The van der Waals surface area contributed by atoms with Crippen LogP contribution in [0.3, 0.4) is 0 Å². The molecule has 0 saturated carbocycles. The van der Waals surface area contributed by atoms with E-state index in [1.807, 2.05) is 6.07 Å². The van der Waals surface area contributed by atoms with Crippen molar-refractivity contribution in [3.8, 4) is 0 Å². The van der Waals surface area contributed by atoms with Crippen LogP contribution in [0.25, 0.3) is 0 Å². The summed E-state index contributed by atoms with van der Waals surface area (Å²) in [5, 5.41) is 3.57. The average Bonchev–Trinajstić information content (AvgIpc) is 2.44. The van der Waals surface area contributed by atoms with E-state index in [1.54, 1.807) is 12.1 Å². The molecule has 1 aromatic carbocycles. The van der Waals surface area contributed by atoms with Gasteiger partial charge in [-0.1, -0.05) is 37.4 Å². The van der Waals surface area contributed by atoms with Crippen molar-refractivity contribution in [1.82, 2.24) is 10.2 Å². The molecule has 19 heavy (non-hydrogen) atoms. The first-order chi connectivity index (χ1) is 9.22. The number of piperazine rings is 1. The second-order valence-electron chi connectivity index (χ2n) is 5.12. The molecule has 0 aromatic heterocycles. The van der Waals surface area contributed by atoms with Crippen LogP contribution < -0.4 is 5.32 Å². The van der Waals surface area contributed by atoms with Crippen LogP contribution in [-0.4, -0.2) is 31.1 Å². The molecule has 0 aliphatic carbocycles. The molecular weight excluding hydrogens is 263 g/mol. The van der Waals surface area contributed by atoms with Crippen LogP contribution in [0, 0.1) is 5.82 Å². The summed E-state index contributed by atoms with van der Waals surface area (Å²) in [5.74, 6) is -0.309. The van der Waals surface area contributed by atoms with Gasteiger partial charge >= 0.3 is 0 Å². The number of rotatable bonds is 5. The number of unbranched alkanes of at least 4 members (excludes halogenated alkanes) is 1. The van der Waals surface area contributed by atoms with Crippen molar-refractivity contribution < 1.29 is 4.39 Å². The Hall–Kier alpha value is -0.640. The fourth-order valence-corrected chi connectivity index (χ4v) is 2.79. The number of hydrogen-bond acceptors (Lipinski definition) is 2. The summed E-state index contributed by atoms with van der Waals surface area (Å²) in [5.41, 5.74) is 1.05. The Morgan fingerprint density at radius 2 is 2.11 bits per heavy atom. The summed E-state index contributed by atoms with van der Waals surface area (Å²) in [6.07, 6.45) is 3.41. The summed E-state index contributed by atoms with van der Waals surface area (Å²) in [4.78, 5) is 2.45. The number of halogens is 2. The summed E-state index contributed by atoms with van der Waals surface area (Å²) in [7, 11) is 0. The predicted octanol–water partition coefficient (Wildman–Crippen LogP) is 3.62. The van der Waals surface area contributed by atoms with E-state index in [0.717, 1.165) is 38.2 Å². The molecule has 1 fully saturated rings. The zero-order chi connectivity index (χ0) is 13.7. The van der Waals surface area contributed by atoms with E-state index in [0.29, 0.717) is 6.04 Å². The number of nitrogens with one attached hydrogen (secondary N) is 1. The van der Waals surface area contributed by atoms with Crippen LogP contribution in [0.5, 0.6) is 0 Å². The van der Waals surface area contributed by atoms with Gasteiger partial charge in [-0.25, -0.2) is 4.39 Å². The number of nitrogens with zero attached hydrogens (tertiary/aromatic N) is 1. The normalized spacial score (nSPS) is 18.5. The van der Waals surface area contributed by atoms with Crippen LogP contribution in [0.4, 0.5) is 4.39 Å². The van der Waals surface area contributed by atoms with E-state index in [4.69, 9.17) is 11.6 Å². The second kappa shape index (κ2) is 7.22. The lowest BCUT2D eigenvalue weighted by Gasteiger charge is -2.35. The van der Waals surface area contributed by atoms with Gasteiger partial charge in [0.2, 0.25) is 0 Å². The monoisotopic (exact) mass is 284 g/mol. The van der Waals surface area contributed by atoms with Gasteiger partial charge in [0, 0.05) is 32.2 Å². The fourth-order valence-electron chi connectivity index (χ4n) is 2.67. The molecule has 106 valence electrons. The van der Waals surface area contributed by atoms with Crippen LogP contribution >= 0.6 is 11.6 Å². The molecule has 1 N–H and O–H groups in total. The van der Waals surface area contributed by atoms with Crippen molar-refractivity contribution in [3.63, 3.8) is 0 Å². The first kappa shape index (κ1) is 14.8. The highest BCUT2D eigenvalue weighted by Crippen LogP contribution is 2.29. The average molecular weight is 285 g/mol. The maximum absolute atomic E-state index is 13.7. The van der Waals surface area contributed by atoms with E-state index in [1.165, 1.54) is 12.8 Å².